The molecule has 0 fully saturated rings. The number of aromatic nitrogens is 1. The fourth-order valence-corrected chi connectivity index (χ4v) is 1.75. The summed E-state index contributed by atoms with van der Waals surface area (Å²) < 4.78 is 26.4. The van der Waals surface area contributed by atoms with Gasteiger partial charge in [0.15, 0.2) is 0 Å². The van der Waals surface area contributed by atoms with E-state index in [1.54, 1.807) is 24.5 Å². The smallest absolute Gasteiger partial charge is 0.264 e. The first-order valence-electron chi connectivity index (χ1n) is 5.70. The number of benzene rings is 1. The van der Waals surface area contributed by atoms with Gasteiger partial charge in [-0.1, -0.05) is 24.3 Å². The van der Waals surface area contributed by atoms with E-state index in [4.69, 9.17) is 0 Å². The van der Waals surface area contributed by atoms with Crippen molar-refractivity contribution in [1.82, 2.24) is 4.98 Å². The van der Waals surface area contributed by atoms with Crippen molar-refractivity contribution in [2.75, 3.05) is 0 Å². The van der Waals surface area contributed by atoms with Gasteiger partial charge in [0.2, 0.25) is 0 Å². The van der Waals surface area contributed by atoms with Crippen LogP contribution in [-0.4, -0.2) is 4.98 Å². The van der Waals surface area contributed by atoms with Gasteiger partial charge in [-0.3, -0.25) is 4.98 Å². The Morgan fingerprint density at radius 3 is 2.56 bits per heavy atom. The van der Waals surface area contributed by atoms with Gasteiger partial charge in [0.05, 0.1) is 0 Å². The minimum atomic E-state index is -2.81. The normalized spacial score (nSPS) is 11.6. The van der Waals surface area contributed by atoms with E-state index in [1.165, 1.54) is 12.1 Å². The molecule has 0 unspecified atom stereocenters. The van der Waals surface area contributed by atoms with E-state index in [0.717, 1.165) is 23.6 Å². The summed E-state index contributed by atoms with van der Waals surface area (Å²) in [5.41, 5.74) is 2.73. The van der Waals surface area contributed by atoms with Gasteiger partial charge in [-0.25, -0.2) is 8.78 Å². The van der Waals surface area contributed by atoms with E-state index in [9.17, 15) is 8.78 Å². The molecule has 0 aliphatic heterocycles. The molecule has 1 heterocycles. The zero-order chi connectivity index (χ0) is 13.2. The highest BCUT2D eigenvalue weighted by atomic mass is 19.3. The molecule has 0 spiro atoms. The highest BCUT2D eigenvalue weighted by Gasteiger charge is 2.24. The third kappa shape index (κ3) is 3.13. The topological polar surface area (TPSA) is 12.9 Å². The largest absolute Gasteiger partial charge is 0.270 e. The second kappa shape index (κ2) is 4.84. The van der Waals surface area contributed by atoms with Gasteiger partial charge >= 0.3 is 0 Å². The van der Waals surface area contributed by atoms with Crippen LogP contribution in [0.5, 0.6) is 0 Å². The third-order valence-electron chi connectivity index (χ3n) is 2.62. The Morgan fingerprint density at radius 2 is 1.89 bits per heavy atom. The molecule has 0 bridgehead atoms. The summed E-state index contributed by atoms with van der Waals surface area (Å²) in [6.45, 7) is 2.85. The lowest BCUT2D eigenvalue weighted by Gasteiger charge is -2.11. The number of aryl methyl sites for hydroxylation is 1. The zero-order valence-electron chi connectivity index (χ0n) is 10.3. The Morgan fingerprint density at radius 1 is 1.11 bits per heavy atom. The van der Waals surface area contributed by atoms with Gasteiger partial charge in [-0.15, -0.1) is 0 Å². The van der Waals surface area contributed by atoms with Crippen LogP contribution >= 0.6 is 0 Å². The molecular formula is C15H14F2N. The van der Waals surface area contributed by atoms with Gasteiger partial charge in [0.1, 0.15) is 0 Å². The van der Waals surface area contributed by atoms with Crippen LogP contribution in [0, 0.1) is 13.3 Å². The fraction of sp³-hybridized carbons (Fsp3) is 0.200. The maximum absolute atomic E-state index is 13.2. The second-order valence-electron chi connectivity index (χ2n) is 4.45. The van der Waals surface area contributed by atoms with Crippen LogP contribution in [0.25, 0.3) is 0 Å². The first-order chi connectivity index (χ1) is 8.45. The molecule has 93 valence electrons. The Bertz CT molecular complexity index is 544. The predicted molar refractivity (Wildman–Crippen MR) is 67.5 cm³/mol. The summed E-state index contributed by atoms with van der Waals surface area (Å²) in [6.07, 6.45) is 5.31. The SMILES string of the molecule is Cc1cncc([CH]c2cccc(C(C)(F)F)c2)c1. The maximum atomic E-state index is 13.2. The Balaban J connectivity index is 2.25. The molecule has 1 nitrogen and oxygen atoms in total. The summed E-state index contributed by atoms with van der Waals surface area (Å²) >= 11 is 0. The van der Waals surface area contributed by atoms with Gasteiger partial charge in [-0.2, -0.15) is 0 Å². The number of pyridine rings is 1. The summed E-state index contributed by atoms with van der Waals surface area (Å²) in [4.78, 5) is 4.07. The molecule has 1 radical (unpaired) electrons. The molecule has 0 amide bonds. The Hall–Kier alpha value is -1.77. The van der Waals surface area contributed by atoms with Crippen molar-refractivity contribution in [3.05, 3.63) is 71.4 Å². The molecule has 2 aromatic rings. The number of halogens is 2. The summed E-state index contributed by atoms with van der Waals surface area (Å²) in [7, 11) is 0. The van der Waals surface area contributed by atoms with E-state index in [-0.39, 0.29) is 5.56 Å². The molecule has 2 rings (SSSR count). The van der Waals surface area contributed by atoms with Gasteiger partial charge in [0.25, 0.3) is 5.92 Å². The molecular weight excluding hydrogens is 232 g/mol. The van der Waals surface area contributed by atoms with Crippen LogP contribution in [0.2, 0.25) is 0 Å². The molecule has 1 aromatic heterocycles. The van der Waals surface area contributed by atoms with Crippen molar-refractivity contribution in [1.29, 1.82) is 0 Å². The van der Waals surface area contributed by atoms with Crippen LogP contribution in [0.1, 0.15) is 29.2 Å². The maximum Gasteiger partial charge on any atom is 0.270 e. The van der Waals surface area contributed by atoms with Crippen molar-refractivity contribution in [3.63, 3.8) is 0 Å². The van der Waals surface area contributed by atoms with E-state index < -0.39 is 5.92 Å². The van der Waals surface area contributed by atoms with Crippen molar-refractivity contribution in [2.45, 2.75) is 19.8 Å². The molecule has 0 saturated carbocycles. The molecule has 0 atom stereocenters. The molecule has 3 heteroatoms. The quantitative estimate of drug-likeness (QED) is 0.794. The Labute approximate surface area is 105 Å². The number of nitrogens with zero attached hydrogens (tertiary/aromatic N) is 1. The van der Waals surface area contributed by atoms with Crippen molar-refractivity contribution >= 4 is 0 Å². The van der Waals surface area contributed by atoms with E-state index in [2.05, 4.69) is 4.98 Å². The van der Waals surface area contributed by atoms with Gasteiger partial charge in [0, 0.05) is 31.3 Å². The zero-order valence-corrected chi connectivity index (χ0v) is 10.3. The highest BCUT2D eigenvalue weighted by molar-refractivity contribution is 5.39. The van der Waals surface area contributed by atoms with Crippen molar-refractivity contribution in [2.24, 2.45) is 0 Å². The number of hydrogen-bond acceptors (Lipinski definition) is 1. The van der Waals surface area contributed by atoms with Gasteiger partial charge < -0.3 is 0 Å². The number of alkyl halides is 2. The summed E-state index contributed by atoms with van der Waals surface area (Å²) in [6, 6.07) is 8.34. The third-order valence-corrected chi connectivity index (χ3v) is 2.62. The molecule has 0 aliphatic rings. The number of rotatable bonds is 3. The molecule has 18 heavy (non-hydrogen) atoms. The number of hydrogen-bond donors (Lipinski definition) is 0. The van der Waals surface area contributed by atoms with Crippen LogP contribution in [0.3, 0.4) is 0 Å². The minimum absolute atomic E-state index is 0.0249. The van der Waals surface area contributed by atoms with Gasteiger partial charge in [-0.05, 0) is 29.7 Å². The monoisotopic (exact) mass is 246 g/mol. The molecule has 0 aliphatic carbocycles. The summed E-state index contributed by atoms with van der Waals surface area (Å²) in [5, 5.41) is 0. The average molecular weight is 246 g/mol. The van der Waals surface area contributed by atoms with E-state index >= 15 is 0 Å². The van der Waals surface area contributed by atoms with Crippen molar-refractivity contribution in [3.8, 4) is 0 Å². The average Bonchev–Trinajstić information content (AvgIpc) is 2.28. The van der Waals surface area contributed by atoms with E-state index in [1.807, 2.05) is 19.4 Å². The molecule has 1 aromatic carbocycles. The lowest BCUT2D eigenvalue weighted by molar-refractivity contribution is 0.0174. The second-order valence-corrected chi connectivity index (χ2v) is 4.45. The lowest BCUT2D eigenvalue weighted by Crippen LogP contribution is -2.07. The summed E-state index contributed by atoms with van der Waals surface area (Å²) in [5.74, 6) is -2.81. The fourth-order valence-electron chi connectivity index (χ4n) is 1.75. The lowest BCUT2D eigenvalue weighted by atomic mass is 10.0. The molecule has 0 N–H and O–H groups in total. The van der Waals surface area contributed by atoms with Crippen LogP contribution in [-0.2, 0) is 5.92 Å². The van der Waals surface area contributed by atoms with Crippen LogP contribution in [0.15, 0.2) is 42.7 Å². The molecule has 0 saturated heterocycles. The first-order valence-corrected chi connectivity index (χ1v) is 5.70. The van der Waals surface area contributed by atoms with E-state index in [0.29, 0.717) is 0 Å². The first kappa shape index (κ1) is 12.7. The highest BCUT2D eigenvalue weighted by Crippen LogP contribution is 2.28. The predicted octanol–water partition coefficient (Wildman–Crippen LogP) is 4.10. The minimum Gasteiger partial charge on any atom is -0.264 e. The Kier molecular flexibility index (Phi) is 3.41. The van der Waals surface area contributed by atoms with Crippen LogP contribution in [0.4, 0.5) is 8.78 Å². The van der Waals surface area contributed by atoms with Crippen LogP contribution < -0.4 is 0 Å². The standard InChI is InChI=1S/C15H14F2N/c1-11-6-13(10-18-9-11)7-12-4-3-5-14(8-12)15(2,16)17/h3-10H,1-2H3. The van der Waals surface area contributed by atoms with Crippen molar-refractivity contribution < 1.29 is 8.78 Å².